The number of rotatable bonds is 6. The van der Waals surface area contributed by atoms with E-state index in [0.717, 1.165) is 12.0 Å². The zero-order valence-electron chi connectivity index (χ0n) is 9.83. The normalized spacial score (nSPS) is 10.0. The van der Waals surface area contributed by atoms with Gasteiger partial charge < -0.3 is 15.4 Å². The third-order valence-corrected chi connectivity index (χ3v) is 2.42. The van der Waals surface area contributed by atoms with Crippen LogP contribution in [0.4, 0.5) is 4.79 Å². The van der Waals surface area contributed by atoms with Gasteiger partial charge in [-0.25, -0.2) is 4.79 Å². The molecular weight excluding hydrogens is 240 g/mol. The number of hydrogen-bond acceptors (Lipinski definition) is 2. The number of methoxy groups -OCH3 is 1. The highest BCUT2D eigenvalue weighted by molar-refractivity contribution is 6.30. The standard InChI is InChI=1S/C12H17ClN2O2/c1-17-8-7-15-12(16)14-6-5-10-3-2-4-11(13)9-10/h2-4,9H,5-8H2,1H3,(H2,14,15,16). The number of carbonyl (C=O) groups is 1. The van der Waals surface area contributed by atoms with Gasteiger partial charge in [-0.3, -0.25) is 0 Å². The van der Waals surface area contributed by atoms with E-state index >= 15 is 0 Å². The van der Waals surface area contributed by atoms with Crippen molar-refractivity contribution < 1.29 is 9.53 Å². The predicted molar refractivity (Wildman–Crippen MR) is 68.4 cm³/mol. The molecule has 0 heterocycles. The predicted octanol–water partition coefficient (Wildman–Crippen LogP) is 1.83. The first-order valence-electron chi connectivity index (χ1n) is 5.47. The van der Waals surface area contributed by atoms with E-state index in [1.165, 1.54) is 0 Å². The summed E-state index contributed by atoms with van der Waals surface area (Å²) in [5.41, 5.74) is 1.11. The lowest BCUT2D eigenvalue weighted by Gasteiger charge is -2.07. The summed E-state index contributed by atoms with van der Waals surface area (Å²) in [5.74, 6) is 0. The Balaban J connectivity index is 2.17. The minimum Gasteiger partial charge on any atom is -0.383 e. The Morgan fingerprint density at radius 1 is 1.35 bits per heavy atom. The molecule has 94 valence electrons. The van der Waals surface area contributed by atoms with Crippen LogP contribution in [0.25, 0.3) is 0 Å². The monoisotopic (exact) mass is 256 g/mol. The molecule has 0 saturated heterocycles. The minimum absolute atomic E-state index is 0.177. The summed E-state index contributed by atoms with van der Waals surface area (Å²) >= 11 is 5.86. The Morgan fingerprint density at radius 3 is 2.82 bits per heavy atom. The highest BCUT2D eigenvalue weighted by Crippen LogP contribution is 2.10. The Hall–Kier alpha value is -1.26. The third-order valence-electron chi connectivity index (χ3n) is 2.18. The van der Waals surface area contributed by atoms with E-state index in [9.17, 15) is 4.79 Å². The van der Waals surface area contributed by atoms with Crippen LogP contribution in [-0.4, -0.2) is 32.8 Å². The number of carbonyl (C=O) groups excluding carboxylic acids is 1. The summed E-state index contributed by atoms with van der Waals surface area (Å²) in [7, 11) is 1.60. The van der Waals surface area contributed by atoms with Crippen molar-refractivity contribution >= 4 is 17.6 Å². The molecule has 1 rings (SSSR count). The first-order valence-corrected chi connectivity index (χ1v) is 5.85. The fourth-order valence-corrected chi connectivity index (χ4v) is 1.55. The van der Waals surface area contributed by atoms with Crippen molar-refractivity contribution in [2.75, 3.05) is 26.8 Å². The molecule has 0 unspecified atom stereocenters. The van der Waals surface area contributed by atoms with Crippen molar-refractivity contribution in [3.05, 3.63) is 34.9 Å². The van der Waals surface area contributed by atoms with Crippen molar-refractivity contribution in [3.8, 4) is 0 Å². The molecule has 0 atom stereocenters. The van der Waals surface area contributed by atoms with Crippen molar-refractivity contribution in [3.63, 3.8) is 0 Å². The lowest BCUT2D eigenvalue weighted by molar-refractivity contribution is 0.196. The number of urea groups is 1. The summed E-state index contributed by atoms with van der Waals surface area (Å²) in [6.07, 6.45) is 0.762. The van der Waals surface area contributed by atoms with Gasteiger partial charge in [0.15, 0.2) is 0 Å². The topological polar surface area (TPSA) is 50.4 Å². The summed E-state index contributed by atoms with van der Waals surface area (Å²) < 4.78 is 4.82. The maximum absolute atomic E-state index is 11.3. The van der Waals surface area contributed by atoms with Gasteiger partial charge in [0, 0.05) is 25.2 Å². The van der Waals surface area contributed by atoms with Crippen molar-refractivity contribution in [2.24, 2.45) is 0 Å². The molecule has 0 aliphatic rings. The molecular formula is C12H17ClN2O2. The Bertz CT molecular complexity index is 358. The number of amides is 2. The molecule has 17 heavy (non-hydrogen) atoms. The van der Waals surface area contributed by atoms with Gasteiger partial charge in [0.25, 0.3) is 0 Å². The second-order valence-electron chi connectivity index (χ2n) is 3.56. The van der Waals surface area contributed by atoms with Crippen LogP contribution in [0.5, 0.6) is 0 Å². The number of nitrogens with one attached hydrogen (secondary N) is 2. The number of halogens is 1. The van der Waals surface area contributed by atoms with Crippen LogP contribution in [0, 0.1) is 0 Å². The van der Waals surface area contributed by atoms with Crippen LogP contribution in [0.2, 0.25) is 5.02 Å². The van der Waals surface area contributed by atoms with Gasteiger partial charge in [-0.05, 0) is 24.1 Å². The third kappa shape index (κ3) is 6.14. The highest BCUT2D eigenvalue weighted by Gasteiger charge is 1.99. The first kappa shape index (κ1) is 13.8. The molecule has 0 aromatic heterocycles. The maximum atomic E-state index is 11.3. The van der Waals surface area contributed by atoms with Crippen LogP contribution in [0.1, 0.15) is 5.56 Å². The van der Waals surface area contributed by atoms with Crippen molar-refractivity contribution in [1.82, 2.24) is 10.6 Å². The molecule has 2 amide bonds. The molecule has 0 aliphatic carbocycles. The number of hydrogen-bond donors (Lipinski definition) is 2. The van der Waals surface area contributed by atoms with E-state index in [4.69, 9.17) is 16.3 Å². The van der Waals surface area contributed by atoms with Crippen LogP contribution >= 0.6 is 11.6 Å². The van der Waals surface area contributed by atoms with E-state index in [1.54, 1.807) is 7.11 Å². The molecule has 1 aromatic rings. The lowest BCUT2D eigenvalue weighted by Crippen LogP contribution is -2.38. The Morgan fingerprint density at radius 2 is 2.12 bits per heavy atom. The molecule has 0 spiro atoms. The van der Waals surface area contributed by atoms with E-state index in [2.05, 4.69) is 10.6 Å². The zero-order valence-corrected chi connectivity index (χ0v) is 10.6. The fourth-order valence-electron chi connectivity index (χ4n) is 1.34. The van der Waals surface area contributed by atoms with Gasteiger partial charge in [0.1, 0.15) is 0 Å². The van der Waals surface area contributed by atoms with Gasteiger partial charge >= 0.3 is 6.03 Å². The lowest BCUT2D eigenvalue weighted by atomic mass is 10.1. The molecule has 0 radical (unpaired) electrons. The average Bonchev–Trinajstić information content (AvgIpc) is 2.29. The fraction of sp³-hybridized carbons (Fsp3) is 0.417. The van der Waals surface area contributed by atoms with Gasteiger partial charge in [-0.15, -0.1) is 0 Å². The zero-order chi connectivity index (χ0) is 12.5. The smallest absolute Gasteiger partial charge is 0.314 e. The Kier molecular flexibility index (Phi) is 6.43. The second kappa shape index (κ2) is 7.92. The average molecular weight is 257 g/mol. The Labute approximate surface area is 106 Å². The molecule has 0 bridgehead atoms. The van der Waals surface area contributed by atoms with Crippen molar-refractivity contribution in [1.29, 1.82) is 0 Å². The van der Waals surface area contributed by atoms with Gasteiger partial charge in [0.05, 0.1) is 6.61 Å². The highest BCUT2D eigenvalue weighted by atomic mass is 35.5. The molecule has 4 nitrogen and oxygen atoms in total. The van der Waals surface area contributed by atoms with Crippen molar-refractivity contribution in [2.45, 2.75) is 6.42 Å². The summed E-state index contributed by atoms with van der Waals surface area (Å²) in [5, 5.41) is 6.16. The van der Waals surface area contributed by atoms with E-state index in [0.29, 0.717) is 24.7 Å². The van der Waals surface area contributed by atoms with Gasteiger partial charge in [-0.2, -0.15) is 0 Å². The SMILES string of the molecule is COCCNC(=O)NCCc1cccc(Cl)c1. The van der Waals surface area contributed by atoms with E-state index in [-0.39, 0.29) is 6.03 Å². The van der Waals surface area contributed by atoms with Crippen LogP contribution in [0.3, 0.4) is 0 Å². The minimum atomic E-state index is -0.177. The maximum Gasteiger partial charge on any atom is 0.314 e. The van der Waals surface area contributed by atoms with Gasteiger partial charge in [-0.1, -0.05) is 23.7 Å². The summed E-state index contributed by atoms with van der Waals surface area (Å²) in [6.45, 7) is 1.61. The first-order chi connectivity index (χ1) is 8.22. The number of ether oxygens (including phenoxy) is 1. The molecule has 5 heteroatoms. The molecule has 0 fully saturated rings. The van der Waals surface area contributed by atoms with E-state index < -0.39 is 0 Å². The van der Waals surface area contributed by atoms with Crippen LogP contribution in [-0.2, 0) is 11.2 Å². The molecule has 1 aromatic carbocycles. The summed E-state index contributed by atoms with van der Waals surface area (Å²) in [6, 6.07) is 7.43. The molecule has 0 aliphatic heterocycles. The summed E-state index contributed by atoms with van der Waals surface area (Å²) in [4.78, 5) is 11.3. The molecule has 0 saturated carbocycles. The molecule has 2 N–H and O–H groups in total. The second-order valence-corrected chi connectivity index (χ2v) is 3.99. The van der Waals surface area contributed by atoms with Crippen LogP contribution < -0.4 is 10.6 Å². The quantitative estimate of drug-likeness (QED) is 0.763. The van der Waals surface area contributed by atoms with E-state index in [1.807, 2.05) is 24.3 Å². The number of benzene rings is 1. The van der Waals surface area contributed by atoms with Crippen LogP contribution in [0.15, 0.2) is 24.3 Å². The largest absolute Gasteiger partial charge is 0.383 e. The van der Waals surface area contributed by atoms with Gasteiger partial charge in [0.2, 0.25) is 0 Å².